The normalized spacial score (nSPS) is 20.7. The molecule has 1 aliphatic rings. The van der Waals surface area contributed by atoms with Crippen molar-refractivity contribution in [2.45, 2.75) is 56.5 Å². The topological polar surface area (TPSA) is 100 Å². The van der Waals surface area contributed by atoms with E-state index in [1.807, 2.05) is 13.8 Å². The van der Waals surface area contributed by atoms with Gasteiger partial charge >= 0.3 is 5.97 Å². The lowest BCUT2D eigenvalue weighted by molar-refractivity contribution is -0.162. The number of aliphatic hydroxyl groups is 1. The van der Waals surface area contributed by atoms with Gasteiger partial charge in [0.2, 0.25) is 0 Å². The Morgan fingerprint density at radius 2 is 1.92 bits per heavy atom. The highest BCUT2D eigenvalue weighted by Gasteiger charge is 2.43. The van der Waals surface area contributed by atoms with Crippen molar-refractivity contribution in [3.63, 3.8) is 0 Å². The third kappa shape index (κ3) is 3.99. The van der Waals surface area contributed by atoms with Crippen LogP contribution in [0.5, 0.6) is 0 Å². The number of fused-ring (bicyclic) bond motifs is 2. The van der Waals surface area contributed by atoms with Crippen LogP contribution in [0, 0.1) is 17.5 Å². The summed E-state index contributed by atoms with van der Waals surface area (Å²) in [5, 5.41) is 27.6. The molecule has 2 heterocycles. The summed E-state index contributed by atoms with van der Waals surface area (Å²) in [5.74, 6) is -4.14. The Hall–Kier alpha value is -3.37. The molecule has 0 saturated heterocycles. The minimum absolute atomic E-state index is 0.00289. The lowest BCUT2D eigenvalue weighted by Gasteiger charge is -2.35. The number of nitrogens with zero attached hydrogens (tertiary/aromatic N) is 2. The van der Waals surface area contributed by atoms with Crippen molar-refractivity contribution in [1.82, 2.24) is 14.8 Å². The Morgan fingerprint density at radius 1 is 1.22 bits per heavy atom. The van der Waals surface area contributed by atoms with Gasteiger partial charge < -0.3 is 19.5 Å². The number of methoxy groups -OCH3 is 1. The van der Waals surface area contributed by atoms with Crippen molar-refractivity contribution in [1.29, 1.82) is 0 Å². The molecule has 0 aliphatic heterocycles. The highest BCUT2D eigenvalue weighted by molar-refractivity contribution is 6.00. The summed E-state index contributed by atoms with van der Waals surface area (Å²) in [5.41, 5.74) is -0.284. The summed E-state index contributed by atoms with van der Waals surface area (Å²) in [6, 6.07) is 5.30. The zero-order chi connectivity index (χ0) is 26.7. The molecule has 1 fully saturated rings. The fourth-order valence-corrected chi connectivity index (χ4v) is 5.81. The minimum Gasteiger partial charge on any atom is -0.479 e. The fraction of sp³-hybridized carbons (Fsp3) is 0.407. The molecule has 2 aromatic heterocycles. The summed E-state index contributed by atoms with van der Waals surface area (Å²) >= 11 is 0. The van der Waals surface area contributed by atoms with E-state index in [-0.39, 0.29) is 30.9 Å². The summed E-state index contributed by atoms with van der Waals surface area (Å²) in [7, 11) is 1.55. The second-order valence-corrected chi connectivity index (χ2v) is 10.5. The molecule has 4 aromatic rings. The van der Waals surface area contributed by atoms with Crippen LogP contribution in [0.15, 0.2) is 30.5 Å². The number of nitrogens with one attached hydrogen (secondary N) is 1. The number of H-pyrrole nitrogens is 1. The van der Waals surface area contributed by atoms with Gasteiger partial charge in [0.15, 0.2) is 23.1 Å². The van der Waals surface area contributed by atoms with Gasteiger partial charge in [-0.25, -0.2) is 18.0 Å². The molecule has 7 nitrogen and oxygen atoms in total. The average Bonchev–Trinajstić information content (AvgIpc) is 3.45. The quantitative estimate of drug-likeness (QED) is 0.323. The predicted octanol–water partition coefficient (Wildman–Crippen LogP) is 5.32. The Bertz CT molecular complexity index is 1520. The summed E-state index contributed by atoms with van der Waals surface area (Å²) in [6.07, 6.45) is 2.10. The molecule has 0 bridgehead atoms. The second kappa shape index (κ2) is 8.88. The summed E-state index contributed by atoms with van der Waals surface area (Å²) in [4.78, 5) is 11.7. The SMILES string of the molecule is COCC(C)(C)c1c([C@H]2CC[C@](O)(C(=O)O)CC2)c2c(F)c3[nH]ncc3cc2n1-c1ccc(F)c(F)c1. The van der Waals surface area contributed by atoms with Crippen molar-refractivity contribution in [2.75, 3.05) is 13.7 Å². The molecule has 5 rings (SSSR count). The zero-order valence-electron chi connectivity index (χ0n) is 20.7. The molecule has 10 heteroatoms. The maximum absolute atomic E-state index is 16.2. The van der Waals surface area contributed by atoms with Gasteiger partial charge in [-0.05, 0) is 55.4 Å². The molecule has 0 unspecified atom stereocenters. The molecular weight excluding hydrogens is 487 g/mol. The number of aromatic nitrogens is 3. The van der Waals surface area contributed by atoms with E-state index in [2.05, 4.69) is 10.2 Å². The number of rotatable bonds is 6. The van der Waals surface area contributed by atoms with Crippen LogP contribution in [0.4, 0.5) is 13.2 Å². The van der Waals surface area contributed by atoms with E-state index in [9.17, 15) is 23.8 Å². The monoisotopic (exact) mass is 515 g/mol. The lowest BCUT2D eigenvalue weighted by Crippen LogP contribution is -2.42. The fourth-order valence-electron chi connectivity index (χ4n) is 5.81. The molecule has 0 spiro atoms. The zero-order valence-corrected chi connectivity index (χ0v) is 20.7. The molecular formula is C27H28F3N3O4. The van der Waals surface area contributed by atoms with E-state index in [1.165, 1.54) is 12.3 Å². The van der Waals surface area contributed by atoms with Crippen molar-refractivity contribution >= 4 is 27.8 Å². The van der Waals surface area contributed by atoms with Crippen molar-refractivity contribution in [3.05, 3.63) is 59.2 Å². The second-order valence-electron chi connectivity index (χ2n) is 10.5. The Morgan fingerprint density at radius 3 is 2.54 bits per heavy atom. The number of aliphatic carboxylic acids is 1. The standard InChI is InChI=1S/C27H28F3N3O4/c1-26(2,13-37-3)24-20(14-6-8-27(36,9-7-14)25(34)35)21-19(10-15-12-31-32-23(15)22(21)30)33(24)16-4-5-17(28)18(29)11-16/h4-5,10-12,14,36H,6-9,13H2,1-3H3,(H,31,32)(H,34,35)/t14-,27+. The molecule has 3 N–H and O–H groups in total. The number of carboxylic acids is 1. The van der Waals surface area contributed by atoms with Crippen molar-refractivity contribution in [3.8, 4) is 5.69 Å². The highest BCUT2D eigenvalue weighted by Crippen LogP contribution is 2.48. The molecule has 0 radical (unpaired) electrons. The van der Waals surface area contributed by atoms with Crippen LogP contribution in [0.3, 0.4) is 0 Å². The molecule has 0 amide bonds. The van der Waals surface area contributed by atoms with Crippen molar-refractivity contribution < 1.29 is 32.9 Å². The van der Waals surface area contributed by atoms with Crippen LogP contribution in [0.1, 0.15) is 56.7 Å². The van der Waals surface area contributed by atoms with Crippen LogP contribution in [0.25, 0.3) is 27.5 Å². The van der Waals surface area contributed by atoms with Gasteiger partial charge in [0.1, 0.15) is 5.52 Å². The number of benzene rings is 2. The Kier molecular flexibility index (Phi) is 6.07. The summed E-state index contributed by atoms with van der Waals surface area (Å²) < 4.78 is 51.8. The van der Waals surface area contributed by atoms with E-state index in [1.54, 1.807) is 17.7 Å². The first-order valence-corrected chi connectivity index (χ1v) is 12.1. The van der Waals surface area contributed by atoms with Crippen LogP contribution >= 0.6 is 0 Å². The number of halogens is 3. The van der Waals surface area contributed by atoms with Crippen LogP contribution in [-0.4, -0.2) is 50.3 Å². The van der Waals surface area contributed by atoms with E-state index in [4.69, 9.17) is 4.74 Å². The third-order valence-electron chi connectivity index (χ3n) is 7.57. The van der Waals surface area contributed by atoms with E-state index >= 15 is 4.39 Å². The first kappa shape index (κ1) is 25.3. The molecule has 1 saturated carbocycles. The van der Waals surface area contributed by atoms with E-state index < -0.39 is 34.4 Å². The third-order valence-corrected chi connectivity index (χ3v) is 7.57. The van der Waals surface area contributed by atoms with Gasteiger partial charge in [-0.15, -0.1) is 0 Å². The van der Waals surface area contributed by atoms with Gasteiger partial charge in [0.05, 0.1) is 18.3 Å². The molecule has 37 heavy (non-hydrogen) atoms. The number of ether oxygens (including phenoxy) is 1. The largest absolute Gasteiger partial charge is 0.479 e. The van der Waals surface area contributed by atoms with Crippen LogP contribution in [-0.2, 0) is 14.9 Å². The van der Waals surface area contributed by atoms with Gasteiger partial charge in [0, 0.05) is 40.7 Å². The molecule has 196 valence electrons. The number of hydrogen-bond acceptors (Lipinski definition) is 4. The van der Waals surface area contributed by atoms with Gasteiger partial charge in [0.25, 0.3) is 0 Å². The first-order chi connectivity index (χ1) is 17.5. The smallest absolute Gasteiger partial charge is 0.335 e. The van der Waals surface area contributed by atoms with Gasteiger partial charge in [-0.3, -0.25) is 5.10 Å². The number of aromatic amines is 1. The molecule has 0 atom stereocenters. The molecule has 1 aliphatic carbocycles. The number of hydrogen-bond donors (Lipinski definition) is 3. The lowest BCUT2D eigenvalue weighted by atomic mass is 9.73. The minimum atomic E-state index is -1.84. The van der Waals surface area contributed by atoms with Crippen molar-refractivity contribution in [2.24, 2.45) is 0 Å². The van der Waals surface area contributed by atoms with Gasteiger partial charge in [-0.1, -0.05) is 13.8 Å². The summed E-state index contributed by atoms with van der Waals surface area (Å²) in [6.45, 7) is 4.09. The van der Waals surface area contributed by atoms with Crippen LogP contribution < -0.4 is 0 Å². The highest BCUT2D eigenvalue weighted by atomic mass is 19.2. The Labute approximate surface area is 210 Å². The Balaban J connectivity index is 1.87. The van der Waals surface area contributed by atoms with E-state index in [0.29, 0.717) is 46.1 Å². The predicted molar refractivity (Wildman–Crippen MR) is 131 cm³/mol. The maximum atomic E-state index is 16.2. The molecule has 2 aromatic carbocycles. The van der Waals surface area contributed by atoms with Gasteiger partial charge in [-0.2, -0.15) is 5.10 Å². The maximum Gasteiger partial charge on any atom is 0.335 e. The van der Waals surface area contributed by atoms with Crippen LogP contribution in [0.2, 0.25) is 0 Å². The van der Waals surface area contributed by atoms with E-state index in [0.717, 1.165) is 12.1 Å². The number of carboxylic acid groups (broad SMARTS) is 1. The number of carbonyl (C=O) groups is 1. The average molecular weight is 516 g/mol. The first-order valence-electron chi connectivity index (χ1n) is 12.1.